The number of nitrogens with one attached hydrogen (secondary N) is 2. The lowest BCUT2D eigenvalue weighted by Crippen LogP contribution is -2.37. The Kier molecular flexibility index (Phi) is 7.60. The van der Waals surface area contributed by atoms with E-state index in [9.17, 15) is 13.2 Å². The molecule has 1 aromatic rings. The molecule has 1 amide bonds. The van der Waals surface area contributed by atoms with Gasteiger partial charge < -0.3 is 14.8 Å². The molecule has 0 aliphatic heterocycles. The summed E-state index contributed by atoms with van der Waals surface area (Å²) in [6.07, 6.45) is 0.656. The van der Waals surface area contributed by atoms with E-state index in [0.29, 0.717) is 25.3 Å². The molecule has 0 atom stereocenters. The van der Waals surface area contributed by atoms with Crippen LogP contribution in [0.25, 0.3) is 0 Å². The van der Waals surface area contributed by atoms with Crippen LogP contribution in [0.5, 0.6) is 5.75 Å². The monoisotopic (exact) mass is 350 g/mol. The van der Waals surface area contributed by atoms with E-state index in [2.05, 4.69) is 10.0 Å². The maximum atomic E-state index is 12.1. The highest BCUT2D eigenvalue weighted by molar-refractivity contribution is 7.89. The first-order valence-electron chi connectivity index (χ1n) is 6.49. The number of halogens is 1. The average Bonchev–Trinajstić information content (AvgIpc) is 2.49. The Bertz CT molecular complexity index is 606. The molecule has 0 fully saturated rings. The van der Waals surface area contributed by atoms with E-state index in [1.54, 1.807) is 7.11 Å². The van der Waals surface area contributed by atoms with Gasteiger partial charge in [-0.15, -0.1) is 0 Å². The topological polar surface area (TPSA) is 93.7 Å². The molecule has 0 aliphatic carbocycles. The van der Waals surface area contributed by atoms with E-state index in [-0.39, 0.29) is 16.5 Å². The van der Waals surface area contributed by atoms with Crippen LogP contribution in [0.3, 0.4) is 0 Å². The number of benzene rings is 1. The molecule has 0 unspecified atom stereocenters. The molecule has 0 radical (unpaired) electrons. The summed E-state index contributed by atoms with van der Waals surface area (Å²) >= 11 is 5.89. The van der Waals surface area contributed by atoms with Crippen LogP contribution in [-0.4, -0.2) is 48.2 Å². The third-order valence-corrected chi connectivity index (χ3v) is 4.40. The molecular formula is C13H19ClN2O5S. The third kappa shape index (κ3) is 5.80. The first-order chi connectivity index (χ1) is 10.4. The number of rotatable bonds is 9. The van der Waals surface area contributed by atoms with Crippen molar-refractivity contribution in [2.75, 3.05) is 33.9 Å². The number of hydrogen-bond acceptors (Lipinski definition) is 5. The van der Waals surface area contributed by atoms with Crippen LogP contribution < -0.4 is 14.8 Å². The summed E-state index contributed by atoms with van der Waals surface area (Å²) in [5, 5.41) is 2.75. The highest BCUT2D eigenvalue weighted by Gasteiger charge is 2.17. The van der Waals surface area contributed by atoms with Crippen molar-refractivity contribution in [2.45, 2.75) is 11.3 Å². The van der Waals surface area contributed by atoms with Crippen molar-refractivity contribution < 1.29 is 22.7 Å². The number of carbonyl (C=O) groups excluding carboxylic acids is 1. The molecule has 0 aromatic heterocycles. The number of sulfonamides is 1. The first kappa shape index (κ1) is 18.7. The largest absolute Gasteiger partial charge is 0.495 e. The van der Waals surface area contributed by atoms with Crippen LogP contribution in [0.2, 0.25) is 5.02 Å². The highest BCUT2D eigenvalue weighted by Crippen LogP contribution is 2.26. The van der Waals surface area contributed by atoms with Crippen LogP contribution in [-0.2, 0) is 19.6 Å². The van der Waals surface area contributed by atoms with Gasteiger partial charge in [-0.1, -0.05) is 11.6 Å². The summed E-state index contributed by atoms with van der Waals surface area (Å²) < 4.78 is 36.1. The molecule has 0 heterocycles. The SMILES string of the molecule is COCCCNC(=O)CNS(=O)(=O)c1ccc(OC)c(Cl)c1. The average molecular weight is 351 g/mol. The van der Waals surface area contributed by atoms with Crippen molar-refractivity contribution in [2.24, 2.45) is 0 Å². The quantitative estimate of drug-likeness (QED) is 0.642. The van der Waals surface area contributed by atoms with E-state index in [1.807, 2.05) is 0 Å². The van der Waals surface area contributed by atoms with Crippen LogP contribution in [0, 0.1) is 0 Å². The van der Waals surface area contributed by atoms with Crippen LogP contribution in [0.1, 0.15) is 6.42 Å². The first-order valence-corrected chi connectivity index (χ1v) is 8.35. The van der Waals surface area contributed by atoms with Gasteiger partial charge >= 0.3 is 0 Å². The zero-order valence-corrected chi connectivity index (χ0v) is 14.0. The molecule has 1 rings (SSSR count). The summed E-state index contributed by atoms with van der Waals surface area (Å²) in [6, 6.07) is 4.06. The van der Waals surface area contributed by atoms with Gasteiger partial charge in [0.1, 0.15) is 5.75 Å². The summed E-state index contributed by atoms with van der Waals surface area (Å²) in [4.78, 5) is 11.5. The van der Waals surface area contributed by atoms with Gasteiger partial charge in [-0.05, 0) is 24.6 Å². The van der Waals surface area contributed by atoms with E-state index < -0.39 is 15.9 Å². The Morgan fingerprint density at radius 3 is 2.64 bits per heavy atom. The molecule has 2 N–H and O–H groups in total. The molecule has 9 heteroatoms. The van der Waals surface area contributed by atoms with Crippen molar-refractivity contribution in [3.05, 3.63) is 23.2 Å². The van der Waals surface area contributed by atoms with Crippen molar-refractivity contribution >= 4 is 27.5 Å². The lowest BCUT2D eigenvalue weighted by atomic mass is 10.3. The predicted octanol–water partition coefficient (Wildman–Crippen LogP) is 0.780. The number of amides is 1. The summed E-state index contributed by atoms with van der Waals surface area (Å²) in [5.74, 6) is -0.0456. The van der Waals surface area contributed by atoms with Crippen molar-refractivity contribution in [1.29, 1.82) is 0 Å². The van der Waals surface area contributed by atoms with E-state index in [0.717, 1.165) is 0 Å². The second-order valence-electron chi connectivity index (χ2n) is 4.32. The molecule has 7 nitrogen and oxygen atoms in total. The van der Waals surface area contributed by atoms with Gasteiger partial charge in [-0.25, -0.2) is 13.1 Å². The maximum Gasteiger partial charge on any atom is 0.241 e. The van der Waals surface area contributed by atoms with Gasteiger partial charge in [0.25, 0.3) is 0 Å². The summed E-state index contributed by atoms with van der Waals surface area (Å²) in [5.41, 5.74) is 0. The van der Waals surface area contributed by atoms with Crippen molar-refractivity contribution in [3.63, 3.8) is 0 Å². The molecular weight excluding hydrogens is 332 g/mol. The standard InChI is InChI=1S/C13H19ClN2O5S/c1-20-7-3-6-15-13(17)9-16-22(18,19)10-4-5-12(21-2)11(14)8-10/h4-5,8,16H,3,6-7,9H2,1-2H3,(H,15,17). The predicted molar refractivity (Wildman–Crippen MR) is 82.7 cm³/mol. The van der Waals surface area contributed by atoms with Gasteiger partial charge in [0.05, 0.1) is 23.6 Å². The fourth-order valence-electron chi connectivity index (χ4n) is 1.56. The van der Waals surface area contributed by atoms with Crippen LogP contribution >= 0.6 is 11.6 Å². The van der Waals surface area contributed by atoms with E-state index in [1.165, 1.54) is 25.3 Å². The Balaban J connectivity index is 2.57. The fourth-order valence-corrected chi connectivity index (χ4v) is 2.90. The molecule has 0 aliphatic rings. The third-order valence-electron chi connectivity index (χ3n) is 2.70. The zero-order chi connectivity index (χ0) is 16.6. The van der Waals surface area contributed by atoms with Gasteiger partial charge in [0.15, 0.2) is 0 Å². The number of hydrogen-bond donors (Lipinski definition) is 2. The minimum Gasteiger partial charge on any atom is -0.495 e. The Morgan fingerprint density at radius 1 is 1.32 bits per heavy atom. The van der Waals surface area contributed by atoms with E-state index >= 15 is 0 Å². The molecule has 0 bridgehead atoms. The van der Waals surface area contributed by atoms with Crippen molar-refractivity contribution in [3.8, 4) is 5.75 Å². The number of methoxy groups -OCH3 is 2. The molecule has 1 aromatic carbocycles. The lowest BCUT2D eigenvalue weighted by Gasteiger charge is -2.09. The van der Waals surface area contributed by atoms with Gasteiger partial charge in [0.2, 0.25) is 15.9 Å². The van der Waals surface area contributed by atoms with Gasteiger partial charge in [-0.3, -0.25) is 4.79 Å². The lowest BCUT2D eigenvalue weighted by molar-refractivity contribution is -0.120. The minimum atomic E-state index is -3.81. The number of carbonyl (C=O) groups is 1. The number of ether oxygens (including phenoxy) is 2. The Labute approximate surface area is 135 Å². The molecule has 22 heavy (non-hydrogen) atoms. The zero-order valence-electron chi connectivity index (χ0n) is 12.4. The molecule has 0 spiro atoms. The second-order valence-corrected chi connectivity index (χ2v) is 6.49. The van der Waals surface area contributed by atoms with Crippen molar-refractivity contribution in [1.82, 2.24) is 10.0 Å². The van der Waals surface area contributed by atoms with E-state index in [4.69, 9.17) is 21.1 Å². The Hall–Kier alpha value is -1.35. The van der Waals surface area contributed by atoms with Crippen LogP contribution in [0.15, 0.2) is 23.1 Å². The summed E-state index contributed by atoms with van der Waals surface area (Å²) in [6.45, 7) is 0.595. The smallest absolute Gasteiger partial charge is 0.241 e. The molecule has 0 saturated carbocycles. The molecule has 0 saturated heterocycles. The van der Waals surface area contributed by atoms with Gasteiger partial charge in [-0.2, -0.15) is 0 Å². The fraction of sp³-hybridized carbons (Fsp3) is 0.462. The Morgan fingerprint density at radius 2 is 2.05 bits per heavy atom. The highest BCUT2D eigenvalue weighted by atomic mass is 35.5. The second kappa shape index (κ2) is 8.94. The maximum absolute atomic E-state index is 12.1. The normalized spacial score (nSPS) is 11.2. The van der Waals surface area contributed by atoms with Gasteiger partial charge in [0, 0.05) is 20.3 Å². The molecule has 124 valence electrons. The van der Waals surface area contributed by atoms with Crippen LogP contribution in [0.4, 0.5) is 0 Å². The summed E-state index contributed by atoms with van der Waals surface area (Å²) in [7, 11) is -0.816. The minimum absolute atomic E-state index is 0.0366.